The predicted octanol–water partition coefficient (Wildman–Crippen LogP) is 3.53. The van der Waals surface area contributed by atoms with Gasteiger partial charge in [0.25, 0.3) is 0 Å². The van der Waals surface area contributed by atoms with Gasteiger partial charge in [-0.25, -0.2) is 0 Å². The third kappa shape index (κ3) is 8.01. The molecule has 0 unspecified atom stereocenters. The zero-order chi connectivity index (χ0) is 12.2. The predicted molar refractivity (Wildman–Crippen MR) is 73.8 cm³/mol. The van der Waals surface area contributed by atoms with Crippen LogP contribution in [0.5, 0.6) is 0 Å². The minimum atomic E-state index is 0.674. The van der Waals surface area contributed by atoms with Gasteiger partial charge >= 0.3 is 0 Å². The van der Waals surface area contributed by atoms with Gasteiger partial charge in [-0.15, -0.1) is 0 Å². The average molecular weight is 242 g/mol. The van der Waals surface area contributed by atoms with E-state index >= 15 is 0 Å². The molecular formula is C13H26N2S. The van der Waals surface area contributed by atoms with Crippen LogP contribution in [-0.4, -0.2) is 36.5 Å². The van der Waals surface area contributed by atoms with E-state index in [1.807, 2.05) is 11.8 Å². The molecular weight excluding hydrogens is 216 g/mol. The highest BCUT2D eigenvalue weighted by Crippen LogP contribution is 2.21. The highest BCUT2D eigenvalue weighted by atomic mass is 32.2. The van der Waals surface area contributed by atoms with Gasteiger partial charge in [-0.2, -0.15) is 17.0 Å². The van der Waals surface area contributed by atoms with E-state index in [9.17, 15) is 0 Å². The summed E-state index contributed by atoms with van der Waals surface area (Å²) < 4.78 is 0. The van der Waals surface area contributed by atoms with Gasteiger partial charge in [-0.3, -0.25) is 0 Å². The lowest BCUT2D eigenvalue weighted by Crippen LogP contribution is -2.33. The van der Waals surface area contributed by atoms with Crippen LogP contribution in [0.3, 0.4) is 0 Å². The lowest BCUT2D eigenvalue weighted by atomic mass is 9.94. The molecule has 0 saturated heterocycles. The summed E-state index contributed by atoms with van der Waals surface area (Å²) in [4.78, 5) is 2.35. The van der Waals surface area contributed by atoms with Gasteiger partial charge in [0.05, 0.1) is 6.07 Å². The van der Waals surface area contributed by atoms with E-state index in [-0.39, 0.29) is 0 Å². The van der Waals surface area contributed by atoms with Gasteiger partial charge in [-0.1, -0.05) is 26.2 Å². The molecule has 0 aliphatic heterocycles. The molecule has 94 valence electrons. The average Bonchev–Trinajstić information content (AvgIpc) is 2.37. The van der Waals surface area contributed by atoms with E-state index < -0.39 is 0 Å². The summed E-state index contributed by atoms with van der Waals surface area (Å²) >= 11 is 1.86. The maximum atomic E-state index is 8.44. The second-order valence-corrected chi connectivity index (χ2v) is 5.41. The monoisotopic (exact) mass is 242 g/mol. The molecule has 0 atom stereocenters. The van der Waals surface area contributed by atoms with Crippen molar-refractivity contribution in [1.82, 2.24) is 4.90 Å². The molecule has 0 radical (unpaired) electrons. The highest BCUT2D eigenvalue weighted by molar-refractivity contribution is 7.98. The topological polar surface area (TPSA) is 27.0 Å². The Balaban J connectivity index is 0.000000487. The normalized spacial score (nSPS) is 16.4. The van der Waals surface area contributed by atoms with Crippen LogP contribution in [0.15, 0.2) is 0 Å². The zero-order valence-corrected chi connectivity index (χ0v) is 11.9. The Morgan fingerprint density at radius 2 is 1.88 bits per heavy atom. The van der Waals surface area contributed by atoms with Crippen LogP contribution in [0, 0.1) is 11.3 Å². The molecule has 0 amide bonds. The van der Waals surface area contributed by atoms with E-state index in [4.69, 9.17) is 5.26 Å². The Morgan fingerprint density at radius 1 is 1.31 bits per heavy atom. The number of hydrogen-bond acceptors (Lipinski definition) is 3. The summed E-state index contributed by atoms with van der Waals surface area (Å²) in [7, 11) is 2.15. The highest BCUT2D eigenvalue weighted by Gasteiger charge is 2.16. The number of rotatable bonds is 4. The molecule has 1 saturated carbocycles. The SMILES string of the molecule is CCSC.CN(CCC#N)C1CCCCC1. The van der Waals surface area contributed by atoms with Crippen LogP contribution in [0.1, 0.15) is 45.4 Å². The quantitative estimate of drug-likeness (QED) is 0.754. The van der Waals surface area contributed by atoms with Crippen molar-refractivity contribution >= 4 is 11.8 Å². The van der Waals surface area contributed by atoms with Crippen molar-refractivity contribution in [2.45, 2.75) is 51.5 Å². The summed E-state index contributed by atoms with van der Waals surface area (Å²) in [5.74, 6) is 1.24. The first-order valence-corrected chi connectivity index (χ1v) is 7.71. The van der Waals surface area contributed by atoms with Crippen LogP contribution in [0.4, 0.5) is 0 Å². The molecule has 0 heterocycles. The summed E-state index contributed by atoms with van der Waals surface area (Å²) in [6, 6.07) is 2.95. The molecule has 0 bridgehead atoms. The number of nitriles is 1. The van der Waals surface area contributed by atoms with Crippen molar-refractivity contribution in [3.8, 4) is 6.07 Å². The van der Waals surface area contributed by atoms with Gasteiger partial charge in [0.1, 0.15) is 0 Å². The van der Waals surface area contributed by atoms with Crippen molar-refractivity contribution in [1.29, 1.82) is 5.26 Å². The van der Waals surface area contributed by atoms with Gasteiger partial charge in [0.2, 0.25) is 0 Å². The first-order chi connectivity index (χ1) is 7.76. The molecule has 0 aromatic rings. The van der Waals surface area contributed by atoms with Crippen LogP contribution in [-0.2, 0) is 0 Å². The summed E-state index contributed by atoms with van der Waals surface area (Å²) in [6.45, 7) is 3.09. The fraction of sp³-hybridized carbons (Fsp3) is 0.923. The molecule has 0 aromatic carbocycles. The van der Waals surface area contributed by atoms with E-state index in [1.165, 1.54) is 37.9 Å². The molecule has 2 nitrogen and oxygen atoms in total. The Morgan fingerprint density at radius 3 is 2.31 bits per heavy atom. The van der Waals surface area contributed by atoms with Crippen molar-refractivity contribution in [3.63, 3.8) is 0 Å². The third-order valence-electron chi connectivity index (χ3n) is 3.06. The molecule has 3 heteroatoms. The Hall–Kier alpha value is -0.200. The summed E-state index contributed by atoms with van der Waals surface area (Å²) in [6.07, 6.45) is 9.60. The molecule has 1 aliphatic rings. The molecule has 0 aromatic heterocycles. The maximum Gasteiger partial charge on any atom is 0.0635 e. The maximum absolute atomic E-state index is 8.44. The van der Waals surface area contributed by atoms with Crippen LogP contribution in [0.25, 0.3) is 0 Å². The van der Waals surface area contributed by atoms with Crippen molar-refractivity contribution in [2.75, 3.05) is 25.6 Å². The van der Waals surface area contributed by atoms with Crippen LogP contribution < -0.4 is 0 Å². The number of nitrogens with zero attached hydrogens (tertiary/aromatic N) is 2. The molecule has 1 fully saturated rings. The second kappa shape index (κ2) is 11.3. The lowest BCUT2D eigenvalue weighted by molar-refractivity contribution is 0.195. The Labute approximate surface area is 105 Å². The molecule has 0 spiro atoms. The van der Waals surface area contributed by atoms with Gasteiger partial charge in [0.15, 0.2) is 0 Å². The standard InChI is InChI=1S/C10H18N2.C3H8S/c1-12(9-5-8-11)10-6-3-2-4-7-10;1-3-4-2/h10H,2-7,9H2,1H3;3H2,1-2H3. The molecule has 0 N–H and O–H groups in total. The first-order valence-electron chi connectivity index (χ1n) is 6.32. The van der Waals surface area contributed by atoms with Crippen LogP contribution in [0.2, 0.25) is 0 Å². The Kier molecular flexibility index (Phi) is 11.1. The zero-order valence-electron chi connectivity index (χ0n) is 11.0. The smallest absolute Gasteiger partial charge is 0.0635 e. The molecule has 1 rings (SSSR count). The van der Waals surface area contributed by atoms with Gasteiger partial charge in [-0.05, 0) is 31.9 Å². The molecule has 16 heavy (non-hydrogen) atoms. The fourth-order valence-electron chi connectivity index (χ4n) is 1.93. The summed E-state index contributed by atoms with van der Waals surface area (Å²) in [5, 5.41) is 8.44. The van der Waals surface area contributed by atoms with E-state index in [0.717, 1.165) is 12.6 Å². The lowest BCUT2D eigenvalue weighted by Gasteiger charge is -2.30. The minimum Gasteiger partial charge on any atom is -0.302 e. The van der Waals surface area contributed by atoms with Crippen molar-refractivity contribution < 1.29 is 0 Å². The van der Waals surface area contributed by atoms with Gasteiger partial charge in [0, 0.05) is 19.0 Å². The van der Waals surface area contributed by atoms with E-state index in [2.05, 4.69) is 31.2 Å². The number of thioether (sulfide) groups is 1. The fourth-order valence-corrected chi connectivity index (χ4v) is 1.93. The largest absolute Gasteiger partial charge is 0.302 e. The summed E-state index contributed by atoms with van der Waals surface area (Å²) in [5.41, 5.74) is 0. The van der Waals surface area contributed by atoms with Gasteiger partial charge < -0.3 is 4.90 Å². The first kappa shape index (κ1) is 15.8. The second-order valence-electron chi connectivity index (χ2n) is 4.26. The van der Waals surface area contributed by atoms with Crippen molar-refractivity contribution in [2.24, 2.45) is 0 Å². The van der Waals surface area contributed by atoms with Crippen molar-refractivity contribution in [3.05, 3.63) is 0 Å². The minimum absolute atomic E-state index is 0.674. The molecule has 1 aliphatic carbocycles. The van der Waals surface area contributed by atoms with E-state index in [0.29, 0.717) is 6.42 Å². The number of hydrogen-bond donors (Lipinski definition) is 0. The Bertz CT molecular complexity index is 181. The van der Waals surface area contributed by atoms with E-state index in [1.54, 1.807) is 0 Å². The van der Waals surface area contributed by atoms with Crippen LogP contribution >= 0.6 is 11.8 Å². The third-order valence-corrected chi connectivity index (χ3v) is 3.64.